The molecule has 0 unspecified atom stereocenters. The highest BCUT2D eigenvalue weighted by molar-refractivity contribution is 8.14. The Morgan fingerprint density at radius 2 is 1.24 bits per heavy atom. The molecular weight excluding hydrogens is 324 g/mol. The summed E-state index contributed by atoms with van der Waals surface area (Å²) in [4.78, 5) is 1.97. The van der Waals surface area contributed by atoms with Crippen molar-refractivity contribution >= 4 is 34.4 Å². The molecular formula is C22H20N2S. The molecule has 0 amide bonds. The molecule has 0 heterocycles. The van der Waals surface area contributed by atoms with E-state index in [1.54, 1.807) is 0 Å². The first-order valence-electron chi connectivity index (χ1n) is 8.18. The van der Waals surface area contributed by atoms with Crippen LogP contribution in [0.4, 0.5) is 11.4 Å². The average Bonchev–Trinajstić information content (AvgIpc) is 2.68. The zero-order chi connectivity index (χ0) is 17.3. The highest BCUT2D eigenvalue weighted by Crippen LogP contribution is 2.28. The number of nitrogens with zero attached hydrogens (tertiary/aromatic N) is 1. The number of para-hydroxylation sites is 2. The molecule has 0 spiro atoms. The number of rotatable bonds is 5. The van der Waals surface area contributed by atoms with Gasteiger partial charge in [0, 0.05) is 17.1 Å². The van der Waals surface area contributed by atoms with E-state index in [-0.39, 0.29) is 0 Å². The molecule has 3 aromatic carbocycles. The van der Waals surface area contributed by atoms with E-state index in [9.17, 15) is 0 Å². The minimum atomic E-state index is 0.509. The summed E-state index contributed by atoms with van der Waals surface area (Å²) in [5.74, 6) is 0.754. The fraction of sp³-hybridized carbons (Fsp3) is 0.0455. The Kier molecular flexibility index (Phi) is 6.07. The Morgan fingerprint density at radius 1 is 0.760 bits per heavy atom. The highest BCUT2D eigenvalue weighted by atomic mass is 32.2. The van der Waals surface area contributed by atoms with Gasteiger partial charge in [-0.3, -0.25) is 10.3 Å². The third kappa shape index (κ3) is 4.85. The molecule has 1 N–H and O–H groups in total. The van der Waals surface area contributed by atoms with Crippen LogP contribution in [0.2, 0.25) is 0 Å². The van der Waals surface area contributed by atoms with Gasteiger partial charge in [-0.25, -0.2) is 0 Å². The van der Waals surface area contributed by atoms with E-state index < -0.39 is 0 Å². The molecule has 25 heavy (non-hydrogen) atoms. The van der Waals surface area contributed by atoms with E-state index in [1.165, 1.54) is 17.3 Å². The maximum absolute atomic E-state index is 8.56. The third-order valence-electron chi connectivity index (χ3n) is 3.66. The van der Waals surface area contributed by atoms with Crippen LogP contribution in [0.15, 0.2) is 97.1 Å². The Labute approximate surface area is 153 Å². The molecule has 0 aliphatic heterocycles. The van der Waals surface area contributed by atoms with E-state index in [0.29, 0.717) is 5.17 Å². The molecule has 2 nitrogen and oxygen atoms in total. The summed E-state index contributed by atoms with van der Waals surface area (Å²) in [5.41, 5.74) is 3.18. The van der Waals surface area contributed by atoms with Gasteiger partial charge in [0.1, 0.15) is 0 Å². The molecule has 0 saturated heterocycles. The van der Waals surface area contributed by atoms with Gasteiger partial charge in [-0.1, -0.05) is 90.6 Å². The number of hydrogen-bond donors (Lipinski definition) is 1. The van der Waals surface area contributed by atoms with E-state index >= 15 is 0 Å². The monoisotopic (exact) mass is 344 g/mol. The largest absolute Gasteiger partial charge is 0.290 e. The number of amidine groups is 1. The van der Waals surface area contributed by atoms with Crippen LogP contribution in [0.25, 0.3) is 6.08 Å². The molecule has 0 aliphatic carbocycles. The first-order chi connectivity index (χ1) is 12.3. The minimum Gasteiger partial charge on any atom is -0.290 e. The van der Waals surface area contributed by atoms with Crippen molar-refractivity contribution in [2.45, 2.75) is 0 Å². The molecule has 3 heteroatoms. The van der Waals surface area contributed by atoms with Crippen molar-refractivity contribution in [1.29, 1.82) is 5.41 Å². The van der Waals surface area contributed by atoms with Crippen LogP contribution in [-0.4, -0.2) is 10.9 Å². The predicted octanol–water partition coefficient (Wildman–Crippen LogP) is 6.21. The molecule has 0 fully saturated rings. The molecule has 3 aromatic rings. The van der Waals surface area contributed by atoms with Crippen molar-refractivity contribution in [1.82, 2.24) is 0 Å². The Balaban J connectivity index is 1.71. The van der Waals surface area contributed by atoms with Crippen molar-refractivity contribution in [3.05, 3.63) is 103 Å². The van der Waals surface area contributed by atoms with Crippen LogP contribution in [0.1, 0.15) is 5.56 Å². The number of benzene rings is 3. The quantitative estimate of drug-likeness (QED) is 0.440. The van der Waals surface area contributed by atoms with E-state index in [1.807, 2.05) is 83.8 Å². The van der Waals surface area contributed by atoms with Crippen LogP contribution < -0.4 is 4.90 Å². The van der Waals surface area contributed by atoms with Gasteiger partial charge in [-0.15, -0.1) is 0 Å². The van der Waals surface area contributed by atoms with Gasteiger partial charge in [0.15, 0.2) is 5.17 Å². The zero-order valence-electron chi connectivity index (χ0n) is 13.9. The van der Waals surface area contributed by atoms with Gasteiger partial charge in [0.05, 0.1) is 0 Å². The lowest BCUT2D eigenvalue weighted by atomic mass is 10.2. The molecule has 3 rings (SSSR count). The van der Waals surface area contributed by atoms with Gasteiger partial charge in [-0.05, 0) is 29.8 Å². The average molecular weight is 344 g/mol. The number of thioether (sulfide) groups is 1. The van der Waals surface area contributed by atoms with Gasteiger partial charge in [0.2, 0.25) is 0 Å². The lowest BCUT2D eigenvalue weighted by Gasteiger charge is -2.24. The smallest absolute Gasteiger partial charge is 0.165 e. The van der Waals surface area contributed by atoms with Crippen molar-refractivity contribution in [2.24, 2.45) is 0 Å². The maximum atomic E-state index is 8.56. The molecule has 0 atom stereocenters. The van der Waals surface area contributed by atoms with E-state index in [0.717, 1.165) is 17.1 Å². The van der Waals surface area contributed by atoms with Crippen LogP contribution in [0.3, 0.4) is 0 Å². The topological polar surface area (TPSA) is 27.1 Å². The van der Waals surface area contributed by atoms with Gasteiger partial charge >= 0.3 is 0 Å². The van der Waals surface area contributed by atoms with Crippen LogP contribution in [0.5, 0.6) is 0 Å². The summed E-state index contributed by atoms with van der Waals surface area (Å²) in [5, 5.41) is 9.07. The summed E-state index contributed by atoms with van der Waals surface area (Å²) in [7, 11) is 0. The molecule has 0 aliphatic rings. The van der Waals surface area contributed by atoms with Crippen molar-refractivity contribution in [3.8, 4) is 0 Å². The molecule has 0 aromatic heterocycles. The van der Waals surface area contributed by atoms with Crippen LogP contribution in [0, 0.1) is 5.41 Å². The van der Waals surface area contributed by atoms with Crippen LogP contribution in [-0.2, 0) is 0 Å². The fourth-order valence-corrected chi connectivity index (χ4v) is 3.17. The van der Waals surface area contributed by atoms with Crippen molar-refractivity contribution < 1.29 is 0 Å². The number of nitrogens with one attached hydrogen (secondary N) is 1. The fourth-order valence-electron chi connectivity index (χ4n) is 2.48. The molecule has 0 bridgehead atoms. The number of hydrogen-bond acceptors (Lipinski definition) is 2. The van der Waals surface area contributed by atoms with Crippen molar-refractivity contribution in [2.75, 3.05) is 10.7 Å². The normalized spacial score (nSPS) is 10.7. The lowest BCUT2D eigenvalue weighted by Crippen LogP contribution is -2.22. The second-order valence-corrected chi connectivity index (χ2v) is 6.44. The summed E-state index contributed by atoms with van der Waals surface area (Å²) < 4.78 is 0. The second kappa shape index (κ2) is 8.90. The first kappa shape index (κ1) is 17.1. The summed E-state index contributed by atoms with van der Waals surface area (Å²) in [6.07, 6.45) is 4.19. The summed E-state index contributed by atoms with van der Waals surface area (Å²) in [6.45, 7) is 0. The van der Waals surface area contributed by atoms with E-state index in [4.69, 9.17) is 5.41 Å². The SMILES string of the molecule is N=C(SCC=Cc1ccccc1)N(c1ccccc1)c1ccccc1. The maximum Gasteiger partial charge on any atom is 0.165 e. The zero-order valence-corrected chi connectivity index (χ0v) is 14.7. The summed E-state index contributed by atoms with van der Waals surface area (Å²) >= 11 is 1.52. The van der Waals surface area contributed by atoms with Gasteiger partial charge < -0.3 is 0 Å². The van der Waals surface area contributed by atoms with Crippen molar-refractivity contribution in [3.63, 3.8) is 0 Å². The first-order valence-corrected chi connectivity index (χ1v) is 9.16. The molecule has 0 radical (unpaired) electrons. The van der Waals surface area contributed by atoms with Gasteiger partial charge in [-0.2, -0.15) is 0 Å². The molecule has 0 saturated carbocycles. The second-order valence-electron chi connectivity index (χ2n) is 5.44. The number of anilines is 2. The van der Waals surface area contributed by atoms with Crippen LogP contribution >= 0.6 is 11.8 Å². The Hall–Kier alpha value is -2.78. The van der Waals surface area contributed by atoms with E-state index in [2.05, 4.69) is 24.3 Å². The summed E-state index contributed by atoms with van der Waals surface area (Å²) in [6, 6.07) is 30.3. The Morgan fingerprint density at radius 3 is 1.76 bits per heavy atom. The molecule has 124 valence electrons. The predicted molar refractivity (Wildman–Crippen MR) is 111 cm³/mol. The van der Waals surface area contributed by atoms with Gasteiger partial charge in [0.25, 0.3) is 0 Å². The lowest BCUT2D eigenvalue weighted by molar-refractivity contribution is 1.33. The standard InChI is InChI=1S/C22H20N2S/c23-22(25-18-10-13-19-11-4-1-5-12-19)24(20-14-6-2-7-15-20)21-16-8-3-9-17-21/h1-17,23H,18H2. The minimum absolute atomic E-state index is 0.509. The third-order valence-corrected chi connectivity index (χ3v) is 4.47. The highest BCUT2D eigenvalue weighted by Gasteiger charge is 2.14. The Bertz CT molecular complexity index is 775.